The highest BCUT2D eigenvalue weighted by atomic mass is 32.2. The summed E-state index contributed by atoms with van der Waals surface area (Å²) in [6.07, 6.45) is 1.40. The number of nitrogens with one attached hydrogen (secondary N) is 2. The maximum Gasteiger partial charge on any atom is 0.308 e. The van der Waals surface area contributed by atoms with Crippen molar-refractivity contribution >= 4 is 21.9 Å². The van der Waals surface area contributed by atoms with E-state index in [1.807, 2.05) is 6.92 Å². The SMILES string of the molecule is CCCCS(=O)(=O)NCCNC(=O)c1cccc(OC(C)=O)c1. The summed E-state index contributed by atoms with van der Waals surface area (Å²) in [6, 6.07) is 6.19. The molecule has 0 spiro atoms. The topological polar surface area (TPSA) is 102 Å². The molecule has 1 aromatic carbocycles. The first-order chi connectivity index (χ1) is 10.8. The molecule has 0 atom stereocenters. The number of esters is 1. The van der Waals surface area contributed by atoms with E-state index in [1.54, 1.807) is 18.2 Å². The number of ether oxygens (including phenoxy) is 1. The van der Waals surface area contributed by atoms with Crippen LogP contribution in [-0.4, -0.2) is 39.1 Å². The average Bonchev–Trinajstić information content (AvgIpc) is 2.49. The molecule has 0 aliphatic carbocycles. The lowest BCUT2D eigenvalue weighted by Crippen LogP contribution is -2.35. The van der Waals surface area contributed by atoms with Gasteiger partial charge in [0.2, 0.25) is 10.0 Å². The first-order valence-corrected chi connectivity index (χ1v) is 9.03. The second-order valence-corrected chi connectivity index (χ2v) is 6.87. The van der Waals surface area contributed by atoms with Gasteiger partial charge in [0.15, 0.2) is 0 Å². The van der Waals surface area contributed by atoms with Crippen LogP contribution in [0, 0.1) is 0 Å². The highest BCUT2D eigenvalue weighted by molar-refractivity contribution is 7.89. The Bertz CT molecular complexity index is 643. The third-order valence-electron chi connectivity index (χ3n) is 2.86. The number of rotatable bonds is 9. The van der Waals surface area contributed by atoms with Crippen molar-refractivity contribution in [2.24, 2.45) is 0 Å². The number of carbonyl (C=O) groups excluding carboxylic acids is 2. The van der Waals surface area contributed by atoms with Crippen molar-refractivity contribution in [3.8, 4) is 5.75 Å². The number of benzene rings is 1. The Morgan fingerprint density at radius 2 is 1.96 bits per heavy atom. The predicted molar refractivity (Wildman–Crippen MR) is 86.8 cm³/mol. The molecule has 128 valence electrons. The first-order valence-electron chi connectivity index (χ1n) is 7.38. The molecule has 0 bridgehead atoms. The Kier molecular flexibility index (Phi) is 7.70. The summed E-state index contributed by atoms with van der Waals surface area (Å²) < 4.78 is 30.5. The molecule has 2 N–H and O–H groups in total. The Balaban J connectivity index is 2.44. The van der Waals surface area contributed by atoms with E-state index in [2.05, 4.69) is 10.0 Å². The van der Waals surface area contributed by atoms with Gasteiger partial charge in [-0.15, -0.1) is 0 Å². The summed E-state index contributed by atoms with van der Waals surface area (Å²) in [7, 11) is -3.29. The zero-order valence-electron chi connectivity index (χ0n) is 13.3. The lowest BCUT2D eigenvalue weighted by Gasteiger charge is -2.08. The largest absolute Gasteiger partial charge is 0.427 e. The summed E-state index contributed by atoms with van der Waals surface area (Å²) >= 11 is 0. The highest BCUT2D eigenvalue weighted by Gasteiger charge is 2.10. The molecular formula is C15H22N2O5S. The van der Waals surface area contributed by atoms with E-state index in [-0.39, 0.29) is 30.5 Å². The van der Waals surface area contributed by atoms with Crippen LogP contribution in [0.2, 0.25) is 0 Å². The minimum atomic E-state index is -3.29. The number of hydrogen-bond acceptors (Lipinski definition) is 5. The minimum absolute atomic E-state index is 0.0852. The zero-order chi connectivity index (χ0) is 17.3. The Morgan fingerprint density at radius 1 is 1.22 bits per heavy atom. The van der Waals surface area contributed by atoms with Crippen LogP contribution >= 0.6 is 0 Å². The Labute approximate surface area is 136 Å². The molecule has 23 heavy (non-hydrogen) atoms. The standard InChI is InChI=1S/C15H22N2O5S/c1-3-4-10-23(20,21)17-9-8-16-15(19)13-6-5-7-14(11-13)22-12(2)18/h5-7,11,17H,3-4,8-10H2,1-2H3,(H,16,19). The van der Waals surface area contributed by atoms with Gasteiger partial charge in [-0.2, -0.15) is 0 Å². The van der Waals surface area contributed by atoms with Crippen molar-refractivity contribution in [2.75, 3.05) is 18.8 Å². The molecule has 0 saturated heterocycles. The Morgan fingerprint density at radius 3 is 2.61 bits per heavy atom. The smallest absolute Gasteiger partial charge is 0.308 e. The maximum atomic E-state index is 12.0. The number of sulfonamides is 1. The van der Waals surface area contributed by atoms with E-state index in [9.17, 15) is 18.0 Å². The quantitative estimate of drug-likeness (QED) is 0.397. The van der Waals surface area contributed by atoms with Crippen LogP contribution in [0.3, 0.4) is 0 Å². The number of carbonyl (C=O) groups is 2. The zero-order valence-corrected chi connectivity index (χ0v) is 14.1. The molecule has 0 aliphatic heterocycles. The fraction of sp³-hybridized carbons (Fsp3) is 0.467. The van der Waals surface area contributed by atoms with Gasteiger partial charge in [0.05, 0.1) is 5.75 Å². The third-order valence-corrected chi connectivity index (χ3v) is 4.33. The van der Waals surface area contributed by atoms with E-state index in [4.69, 9.17) is 4.74 Å². The minimum Gasteiger partial charge on any atom is -0.427 e. The summed E-state index contributed by atoms with van der Waals surface area (Å²) in [6.45, 7) is 3.49. The molecule has 0 aromatic heterocycles. The van der Waals surface area contributed by atoms with Gasteiger partial charge in [0.1, 0.15) is 5.75 Å². The molecule has 0 saturated carbocycles. The van der Waals surface area contributed by atoms with Gasteiger partial charge < -0.3 is 10.1 Å². The molecule has 7 nitrogen and oxygen atoms in total. The Hall–Kier alpha value is -1.93. The van der Waals surface area contributed by atoms with E-state index in [0.29, 0.717) is 12.0 Å². The van der Waals surface area contributed by atoms with E-state index < -0.39 is 16.0 Å². The van der Waals surface area contributed by atoms with Crippen molar-refractivity contribution in [2.45, 2.75) is 26.7 Å². The molecule has 0 fully saturated rings. The van der Waals surface area contributed by atoms with Gasteiger partial charge in [0.25, 0.3) is 5.91 Å². The summed E-state index contributed by atoms with van der Waals surface area (Å²) in [5.74, 6) is -0.469. The van der Waals surface area contributed by atoms with E-state index >= 15 is 0 Å². The molecule has 1 rings (SSSR count). The van der Waals surface area contributed by atoms with Gasteiger partial charge in [-0.1, -0.05) is 19.4 Å². The van der Waals surface area contributed by atoms with Gasteiger partial charge in [-0.3, -0.25) is 9.59 Å². The van der Waals surface area contributed by atoms with Crippen LogP contribution in [-0.2, 0) is 14.8 Å². The van der Waals surface area contributed by atoms with Gasteiger partial charge >= 0.3 is 5.97 Å². The maximum absolute atomic E-state index is 12.0. The second-order valence-electron chi connectivity index (χ2n) is 4.94. The molecular weight excluding hydrogens is 320 g/mol. The van der Waals surface area contributed by atoms with Gasteiger partial charge in [-0.25, -0.2) is 13.1 Å². The van der Waals surface area contributed by atoms with E-state index in [1.165, 1.54) is 13.0 Å². The monoisotopic (exact) mass is 342 g/mol. The lowest BCUT2D eigenvalue weighted by atomic mass is 10.2. The van der Waals surface area contributed by atoms with Crippen LogP contribution in [0.1, 0.15) is 37.0 Å². The van der Waals surface area contributed by atoms with E-state index in [0.717, 1.165) is 6.42 Å². The van der Waals surface area contributed by atoms with Crippen LogP contribution in [0.25, 0.3) is 0 Å². The fourth-order valence-electron chi connectivity index (χ4n) is 1.76. The fourth-order valence-corrected chi connectivity index (χ4v) is 2.98. The van der Waals surface area contributed by atoms with Gasteiger partial charge in [0, 0.05) is 25.6 Å². The molecule has 0 aliphatic rings. The molecule has 0 heterocycles. The first kappa shape index (κ1) is 19.1. The average molecular weight is 342 g/mol. The van der Waals surface area contributed by atoms with Crippen molar-refractivity contribution in [1.29, 1.82) is 0 Å². The molecule has 1 amide bonds. The predicted octanol–water partition coefficient (Wildman–Crippen LogP) is 1.06. The number of unbranched alkanes of at least 4 members (excludes halogenated alkanes) is 1. The molecule has 0 unspecified atom stereocenters. The molecule has 8 heteroatoms. The van der Waals surface area contributed by atoms with Crippen LogP contribution in [0.15, 0.2) is 24.3 Å². The van der Waals surface area contributed by atoms with Crippen molar-refractivity contribution < 1.29 is 22.7 Å². The third kappa shape index (κ3) is 7.75. The number of hydrogen-bond donors (Lipinski definition) is 2. The van der Waals surface area contributed by atoms with Crippen LogP contribution in [0.4, 0.5) is 0 Å². The lowest BCUT2D eigenvalue weighted by molar-refractivity contribution is -0.131. The van der Waals surface area contributed by atoms with Crippen molar-refractivity contribution in [3.63, 3.8) is 0 Å². The van der Waals surface area contributed by atoms with Crippen molar-refractivity contribution in [1.82, 2.24) is 10.0 Å². The van der Waals surface area contributed by atoms with Crippen molar-refractivity contribution in [3.05, 3.63) is 29.8 Å². The molecule has 0 radical (unpaired) electrons. The summed E-state index contributed by atoms with van der Waals surface area (Å²) in [5.41, 5.74) is 0.331. The van der Waals surface area contributed by atoms with Gasteiger partial charge in [-0.05, 0) is 24.6 Å². The molecule has 1 aromatic rings. The number of amides is 1. The summed E-state index contributed by atoms with van der Waals surface area (Å²) in [5, 5.41) is 2.60. The normalized spacial score (nSPS) is 11.0. The van der Waals surface area contributed by atoms with Crippen LogP contribution in [0.5, 0.6) is 5.75 Å². The second kappa shape index (κ2) is 9.26. The highest BCUT2D eigenvalue weighted by Crippen LogP contribution is 2.13. The van der Waals surface area contributed by atoms with Crippen LogP contribution < -0.4 is 14.8 Å². The summed E-state index contributed by atoms with van der Waals surface area (Å²) in [4.78, 5) is 22.8.